The predicted octanol–water partition coefficient (Wildman–Crippen LogP) is 1.48. The van der Waals surface area contributed by atoms with Crippen LogP contribution < -0.4 is 5.32 Å². The molecule has 0 spiro atoms. The first-order chi connectivity index (χ1) is 9.19. The molecular formula is C15H26N2O3. The van der Waals surface area contributed by atoms with Gasteiger partial charge < -0.3 is 10.4 Å². The van der Waals surface area contributed by atoms with Crippen molar-refractivity contribution in [3.63, 3.8) is 0 Å². The van der Waals surface area contributed by atoms with Gasteiger partial charge in [-0.25, -0.2) is 0 Å². The van der Waals surface area contributed by atoms with Gasteiger partial charge in [0.15, 0.2) is 0 Å². The zero-order chi connectivity index (χ0) is 16.0. The SMILES string of the molecule is C#CC(CC)(CC)NC(=O)CN(CC)C(C)(C)C(=O)O. The van der Waals surface area contributed by atoms with Crippen molar-refractivity contribution < 1.29 is 14.7 Å². The molecule has 0 fully saturated rings. The number of carbonyl (C=O) groups excluding carboxylic acids is 1. The fourth-order valence-electron chi connectivity index (χ4n) is 1.99. The van der Waals surface area contributed by atoms with Crippen LogP contribution in [0.25, 0.3) is 0 Å². The molecule has 0 bridgehead atoms. The highest BCUT2D eigenvalue weighted by Crippen LogP contribution is 2.16. The van der Waals surface area contributed by atoms with Crippen LogP contribution in [0.1, 0.15) is 47.5 Å². The zero-order valence-electron chi connectivity index (χ0n) is 13.1. The summed E-state index contributed by atoms with van der Waals surface area (Å²) in [6.07, 6.45) is 6.78. The smallest absolute Gasteiger partial charge is 0.323 e. The van der Waals surface area contributed by atoms with Gasteiger partial charge in [0.25, 0.3) is 0 Å². The average molecular weight is 282 g/mol. The number of carbonyl (C=O) groups is 2. The minimum atomic E-state index is -1.09. The van der Waals surface area contributed by atoms with Crippen molar-refractivity contribution in [2.75, 3.05) is 13.1 Å². The Labute approximate surface area is 121 Å². The Morgan fingerprint density at radius 3 is 2.05 bits per heavy atom. The number of nitrogens with zero attached hydrogens (tertiary/aromatic N) is 1. The number of aliphatic carboxylic acids is 1. The first-order valence-electron chi connectivity index (χ1n) is 6.96. The lowest BCUT2D eigenvalue weighted by molar-refractivity contribution is -0.150. The normalized spacial score (nSPS) is 12.1. The maximum Gasteiger partial charge on any atom is 0.323 e. The van der Waals surface area contributed by atoms with Gasteiger partial charge in [-0.05, 0) is 33.2 Å². The van der Waals surface area contributed by atoms with Gasteiger partial charge in [-0.2, -0.15) is 0 Å². The summed E-state index contributed by atoms with van der Waals surface area (Å²) in [4.78, 5) is 25.0. The molecule has 5 heteroatoms. The summed E-state index contributed by atoms with van der Waals surface area (Å²) in [6, 6.07) is 0. The number of terminal acetylenes is 1. The standard InChI is InChI=1S/C15H26N2O3/c1-7-15(8-2,9-3)16-12(18)11-17(10-4)14(5,6)13(19)20/h1H,8-11H2,2-6H3,(H,16,18)(H,19,20). The van der Waals surface area contributed by atoms with Crippen LogP contribution in [0.5, 0.6) is 0 Å². The third-order valence-corrected chi connectivity index (χ3v) is 3.89. The van der Waals surface area contributed by atoms with E-state index in [2.05, 4.69) is 11.2 Å². The molecule has 0 radical (unpaired) electrons. The van der Waals surface area contributed by atoms with Crippen LogP contribution in [0, 0.1) is 12.3 Å². The van der Waals surface area contributed by atoms with E-state index in [0.717, 1.165) is 0 Å². The summed E-state index contributed by atoms with van der Waals surface area (Å²) in [5.74, 6) is 1.43. The topological polar surface area (TPSA) is 69.6 Å². The highest BCUT2D eigenvalue weighted by Gasteiger charge is 2.35. The largest absolute Gasteiger partial charge is 0.480 e. The van der Waals surface area contributed by atoms with Crippen molar-refractivity contribution in [3.05, 3.63) is 0 Å². The van der Waals surface area contributed by atoms with E-state index in [9.17, 15) is 14.7 Å². The molecule has 0 saturated carbocycles. The van der Waals surface area contributed by atoms with Gasteiger partial charge in [0.05, 0.1) is 6.54 Å². The molecule has 0 aromatic carbocycles. The van der Waals surface area contributed by atoms with Crippen LogP contribution in [0.3, 0.4) is 0 Å². The van der Waals surface area contributed by atoms with Gasteiger partial charge in [-0.15, -0.1) is 6.42 Å². The van der Waals surface area contributed by atoms with E-state index >= 15 is 0 Å². The maximum atomic E-state index is 12.1. The molecule has 0 rings (SSSR count). The lowest BCUT2D eigenvalue weighted by Gasteiger charge is -2.35. The fourth-order valence-corrected chi connectivity index (χ4v) is 1.99. The highest BCUT2D eigenvalue weighted by molar-refractivity contribution is 5.82. The van der Waals surface area contributed by atoms with Crippen molar-refractivity contribution in [1.82, 2.24) is 10.2 Å². The van der Waals surface area contributed by atoms with Crippen molar-refractivity contribution >= 4 is 11.9 Å². The van der Waals surface area contributed by atoms with E-state index in [1.807, 2.05) is 20.8 Å². The summed E-state index contributed by atoms with van der Waals surface area (Å²) < 4.78 is 0. The van der Waals surface area contributed by atoms with E-state index in [4.69, 9.17) is 6.42 Å². The Balaban J connectivity index is 4.91. The molecular weight excluding hydrogens is 256 g/mol. The summed E-state index contributed by atoms with van der Waals surface area (Å²) in [6.45, 7) is 9.31. The molecule has 0 aliphatic carbocycles. The molecule has 20 heavy (non-hydrogen) atoms. The Kier molecular flexibility index (Phi) is 6.74. The van der Waals surface area contributed by atoms with E-state index in [1.54, 1.807) is 18.7 Å². The minimum Gasteiger partial charge on any atom is -0.480 e. The summed E-state index contributed by atoms with van der Waals surface area (Å²) >= 11 is 0. The Bertz CT molecular complexity index is 392. The number of carboxylic acid groups (broad SMARTS) is 1. The van der Waals surface area contributed by atoms with Crippen molar-refractivity contribution in [2.45, 2.75) is 58.5 Å². The number of hydrogen-bond donors (Lipinski definition) is 2. The molecule has 0 saturated heterocycles. The van der Waals surface area contributed by atoms with Gasteiger partial charge in [-0.3, -0.25) is 14.5 Å². The Hall–Kier alpha value is -1.54. The van der Waals surface area contributed by atoms with Gasteiger partial charge in [-0.1, -0.05) is 26.7 Å². The Morgan fingerprint density at radius 2 is 1.75 bits per heavy atom. The van der Waals surface area contributed by atoms with Crippen molar-refractivity contribution in [3.8, 4) is 12.3 Å². The third kappa shape index (κ3) is 4.24. The molecule has 5 nitrogen and oxygen atoms in total. The number of likely N-dealkylation sites (N-methyl/N-ethyl adjacent to an activating group) is 1. The fraction of sp³-hybridized carbons (Fsp3) is 0.733. The first-order valence-corrected chi connectivity index (χ1v) is 6.96. The maximum absolute atomic E-state index is 12.1. The Morgan fingerprint density at radius 1 is 1.25 bits per heavy atom. The summed E-state index contributed by atoms with van der Waals surface area (Å²) in [5, 5.41) is 12.1. The number of hydrogen-bond acceptors (Lipinski definition) is 3. The molecule has 2 N–H and O–H groups in total. The lowest BCUT2D eigenvalue weighted by atomic mass is 9.94. The van der Waals surface area contributed by atoms with Crippen LogP contribution >= 0.6 is 0 Å². The van der Waals surface area contributed by atoms with Gasteiger partial charge in [0.1, 0.15) is 11.1 Å². The molecule has 0 heterocycles. The van der Waals surface area contributed by atoms with Crippen LogP contribution in [0.2, 0.25) is 0 Å². The second-order valence-corrected chi connectivity index (χ2v) is 5.36. The first kappa shape index (κ1) is 18.5. The summed E-state index contributed by atoms with van der Waals surface area (Å²) in [5.41, 5.74) is -1.74. The molecule has 0 aromatic rings. The van der Waals surface area contributed by atoms with E-state index in [0.29, 0.717) is 19.4 Å². The summed E-state index contributed by atoms with van der Waals surface area (Å²) in [7, 11) is 0. The quantitative estimate of drug-likeness (QED) is 0.662. The molecule has 0 atom stereocenters. The molecule has 1 amide bonds. The van der Waals surface area contributed by atoms with Crippen LogP contribution in [-0.2, 0) is 9.59 Å². The van der Waals surface area contributed by atoms with Gasteiger partial charge in [0, 0.05) is 0 Å². The number of amides is 1. The zero-order valence-corrected chi connectivity index (χ0v) is 13.1. The van der Waals surface area contributed by atoms with Crippen LogP contribution in [0.4, 0.5) is 0 Å². The van der Waals surface area contributed by atoms with Crippen LogP contribution in [0.15, 0.2) is 0 Å². The van der Waals surface area contributed by atoms with E-state index in [-0.39, 0.29) is 12.5 Å². The van der Waals surface area contributed by atoms with Crippen LogP contribution in [-0.4, -0.2) is 46.1 Å². The molecule has 114 valence electrons. The molecule has 0 aromatic heterocycles. The average Bonchev–Trinajstić information content (AvgIpc) is 2.41. The molecule has 0 aliphatic heterocycles. The predicted molar refractivity (Wildman–Crippen MR) is 79.3 cm³/mol. The monoisotopic (exact) mass is 282 g/mol. The lowest BCUT2D eigenvalue weighted by Crippen LogP contribution is -2.56. The molecule has 0 aliphatic rings. The number of nitrogens with one attached hydrogen (secondary N) is 1. The molecule has 0 unspecified atom stereocenters. The van der Waals surface area contributed by atoms with Crippen molar-refractivity contribution in [1.29, 1.82) is 0 Å². The van der Waals surface area contributed by atoms with Gasteiger partial charge >= 0.3 is 5.97 Å². The van der Waals surface area contributed by atoms with E-state index < -0.39 is 17.0 Å². The minimum absolute atomic E-state index is 0.0131. The van der Waals surface area contributed by atoms with Crippen molar-refractivity contribution in [2.24, 2.45) is 0 Å². The third-order valence-electron chi connectivity index (χ3n) is 3.89. The van der Waals surface area contributed by atoms with E-state index in [1.165, 1.54) is 0 Å². The number of rotatable bonds is 8. The van der Waals surface area contributed by atoms with Gasteiger partial charge in [0.2, 0.25) is 5.91 Å². The highest BCUT2D eigenvalue weighted by atomic mass is 16.4. The second kappa shape index (κ2) is 7.30. The second-order valence-electron chi connectivity index (χ2n) is 5.36. The number of carboxylic acids is 1.